The molecule has 5 nitrogen and oxygen atoms in total. The van der Waals surface area contributed by atoms with Crippen molar-refractivity contribution in [2.75, 3.05) is 6.61 Å². The Kier molecular flexibility index (Phi) is 6.52. The van der Waals surface area contributed by atoms with E-state index in [-0.39, 0.29) is 26.8 Å². The Morgan fingerprint density at radius 3 is 2.60 bits per heavy atom. The molecule has 0 aliphatic heterocycles. The van der Waals surface area contributed by atoms with Gasteiger partial charge >= 0.3 is 5.97 Å². The van der Waals surface area contributed by atoms with Crippen LogP contribution in [-0.4, -0.2) is 29.5 Å². The Morgan fingerprint density at radius 2 is 2.00 bits per heavy atom. The molecule has 1 unspecified atom stereocenters. The van der Waals surface area contributed by atoms with Crippen molar-refractivity contribution in [3.05, 3.63) is 27.0 Å². The van der Waals surface area contributed by atoms with Crippen LogP contribution in [0.3, 0.4) is 0 Å². The lowest BCUT2D eigenvalue weighted by Gasteiger charge is -2.11. The molecule has 0 saturated carbocycles. The number of rotatable bonds is 5. The second kappa shape index (κ2) is 7.67. The third-order valence-corrected chi connectivity index (χ3v) is 3.71. The Hall–Kier alpha value is -1.04. The summed E-state index contributed by atoms with van der Waals surface area (Å²) < 4.78 is 4.81. The molecule has 1 heterocycles. The molecule has 0 saturated heterocycles. The molecule has 1 rings (SSSR count). The standard InChI is InChI=1S/C12H13Cl3N2O3/c1-3-6(2)17-8(18)5-20-12(19)11-10(15)9(14)7(13)4-16-11/h4,6H,3,5H2,1-2H3,(H,17,18). The van der Waals surface area contributed by atoms with Gasteiger partial charge in [-0.3, -0.25) is 4.79 Å². The number of amides is 1. The lowest BCUT2D eigenvalue weighted by atomic mass is 10.2. The van der Waals surface area contributed by atoms with E-state index < -0.39 is 18.5 Å². The van der Waals surface area contributed by atoms with Gasteiger partial charge in [0, 0.05) is 12.2 Å². The number of carbonyl (C=O) groups is 2. The number of aromatic nitrogens is 1. The molecule has 1 amide bonds. The minimum atomic E-state index is -0.840. The van der Waals surface area contributed by atoms with Crippen LogP contribution in [0.25, 0.3) is 0 Å². The maximum Gasteiger partial charge on any atom is 0.359 e. The molecule has 0 spiro atoms. The summed E-state index contributed by atoms with van der Waals surface area (Å²) in [6.45, 7) is 3.36. The largest absolute Gasteiger partial charge is 0.451 e. The highest BCUT2D eigenvalue weighted by atomic mass is 35.5. The van der Waals surface area contributed by atoms with Gasteiger partial charge in [-0.2, -0.15) is 0 Å². The molecule has 0 radical (unpaired) electrons. The molecule has 0 aromatic carbocycles. The summed E-state index contributed by atoms with van der Waals surface area (Å²) in [6, 6.07) is 0.00731. The van der Waals surface area contributed by atoms with Gasteiger partial charge in [-0.05, 0) is 13.3 Å². The topological polar surface area (TPSA) is 68.3 Å². The molecular formula is C12H13Cl3N2O3. The van der Waals surface area contributed by atoms with Crippen LogP contribution in [0.4, 0.5) is 0 Å². The van der Waals surface area contributed by atoms with Crippen molar-refractivity contribution in [2.24, 2.45) is 0 Å². The lowest BCUT2D eigenvalue weighted by molar-refractivity contribution is -0.124. The van der Waals surface area contributed by atoms with E-state index in [2.05, 4.69) is 10.3 Å². The van der Waals surface area contributed by atoms with Crippen molar-refractivity contribution in [3.63, 3.8) is 0 Å². The van der Waals surface area contributed by atoms with Crippen LogP contribution in [-0.2, 0) is 9.53 Å². The van der Waals surface area contributed by atoms with E-state index in [1.54, 1.807) is 0 Å². The molecule has 1 N–H and O–H groups in total. The number of halogens is 3. The maximum atomic E-state index is 11.7. The lowest BCUT2D eigenvalue weighted by Crippen LogP contribution is -2.35. The number of hydrogen-bond acceptors (Lipinski definition) is 4. The second-order valence-electron chi connectivity index (χ2n) is 4.04. The van der Waals surface area contributed by atoms with E-state index in [0.29, 0.717) is 0 Å². The molecule has 0 fully saturated rings. The smallest absolute Gasteiger partial charge is 0.359 e. The first kappa shape index (κ1) is 17.0. The zero-order valence-corrected chi connectivity index (χ0v) is 13.1. The fourth-order valence-corrected chi connectivity index (χ4v) is 1.76. The molecule has 1 aromatic heterocycles. The molecule has 0 aliphatic carbocycles. The molecule has 0 aliphatic rings. The van der Waals surface area contributed by atoms with Crippen molar-refractivity contribution >= 4 is 46.7 Å². The second-order valence-corrected chi connectivity index (χ2v) is 5.20. The number of hydrogen-bond donors (Lipinski definition) is 1. The van der Waals surface area contributed by atoms with Crippen molar-refractivity contribution < 1.29 is 14.3 Å². The highest BCUT2D eigenvalue weighted by Crippen LogP contribution is 2.31. The fraction of sp³-hybridized carbons (Fsp3) is 0.417. The van der Waals surface area contributed by atoms with Gasteiger partial charge in [-0.1, -0.05) is 41.7 Å². The summed E-state index contributed by atoms with van der Waals surface area (Å²) in [5, 5.41) is 2.69. The van der Waals surface area contributed by atoms with Crippen LogP contribution in [0.1, 0.15) is 30.8 Å². The zero-order valence-electron chi connectivity index (χ0n) is 10.9. The van der Waals surface area contributed by atoms with E-state index in [1.165, 1.54) is 6.20 Å². The molecule has 20 heavy (non-hydrogen) atoms. The number of nitrogens with one attached hydrogen (secondary N) is 1. The van der Waals surface area contributed by atoms with E-state index in [0.717, 1.165) is 6.42 Å². The van der Waals surface area contributed by atoms with Gasteiger partial charge < -0.3 is 10.1 Å². The summed E-state index contributed by atoms with van der Waals surface area (Å²) in [6.07, 6.45) is 1.96. The van der Waals surface area contributed by atoms with Crippen molar-refractivity contribution in [1.29, 1.82) is 0 Å². The number of pyridine rings is 1. The van der Waals surface area contributed by atoms with Crippen LogP contribution in [0, 0.1) is 0 Å². The predicted molar refractivity (Wildman–Crippen MR) is 77.4 cm³/mol. The van der Waals surface area contributed by atoms with Gasteiger partial charge in [-0.25, -0.2) is 9.78 Å². The highest BCUT2D eigenvalue weighted by molar-refractivity contribution is 6.48. The predicted octanol–water partition coefficient (Wildman–Crippen LogP) is 3.11. The average Bonchev–Trinajstić information content (AvgIpc) is 2.42. The number of esters is 1. The molecular weight excluding hydrogens is 327 g/mol. The summed E-state index contributed by atoms with van der Waals surface area (Å²) in [5.74, 6) is -1.24. The van der Waals surface area contributed by atoms with Crippen LogP contribution >= 0.6 is 34.8 Å². The summed E-state index contributed by atoms with van der Waals surface area (Å²) >= 11 is 17.3. The summed E-state index contributed by atoms with van der Waals surface area (Å²) in [5.41, 5.74) is -0.183. The van der Waals surface area contributed by atoms with Crippen LogP contribution in [0.2, 0.25) is 15.1 Å². The van der Waals surface area contributed by atoms with Gasteiger partial charge in [0.1, 0.15) is 0 Å². The number of carbonyl (C=O) groups excluding carboxylic acids is 2. The Bertz CT molecular complexity index is 523. The van der Waals surface area contributed by atoms with Gasteiger partial charge in [0.05, 0.1) is 15.1 Å². The average molecular weight is 340 g/mol. The molecule has 0 bridgehead atoms. The monoisotopic (exact) mass is 338 g/mol. The van der Waals surface area contributed by atoms with Crippen molar-refractivity contribution in [3.8, 4) is 0 Å². The SMILES string of the molecule is CCC(C)NC(=O)COC(=O)c1ncc(Cl)c(Cl)c1Cl. The van der Waals surface area contributed by atoms with Crippen LogP contribution < -0.4 is 5.32 Å². The number of nitrogens with zero attached hydrogens (tertiary/aromatic N) is 1. The van der Waals surface area contributed by atoms with Gasteiger partial charge in [0.15, 0.2) is 12.3 Å². The normalized spacial score (nSPS) is 11.8. The van der Waals surface area contributed by atoms with Crippen molar-refractivity contribution in [1.82, 2.24) is 10.3 Å². The van der Waals surface area contributed by atoms with Crippen LogP contribution in [0.5, 0.6) is 0 Å². The van der Waals surface area contributed by atoms with Crippen LogP contribution in [0.15, 0.2) is 6.20 Å². The van der Waals surface area contributed by atoms with Gasteiger partial charge in [0.25, 0.3) is 5.91 Å². The van der Waals surface area contributed by atoms with E-state index >= 15 is 0 Å². The molecule has 1 aromatic rings. The third kappa shape index (κ3) is 4.51. The highest BCUT2D eigenvalue weighted by Gasteiger charge is 2.19. The Balaban J connectivity index is 2.64. The minimum Gasteiger partial charge on any atom is -0.451 e. The van der Waals surface area contributed by atoms with Gasteiger partial charge in [0.2, 0.25) is 0 Å². The summed E-state index contributed by atoms with van der Waals surface area (Å²) in [7, 11) is 0. The zero-order chi connectivity index (χ0) is 15.3. The number of ether oxygens (including phenoxy) is 1. The van der Waals surface area contributed by atoms with E-state index in [9.17, 15) is 9.59 Å². The molecule has 110 valence electrons. The maximum absolute atomic E-state index is 11.7. The van der Waals surface area contributed by atoms with E-state index in [1.807, 2.05) is 13.8 Å². The first-order chi connectivity index (χ1) is 9.36. The Morgan fingerprint density at radius 1 is 1.35 bits per heavy atom. The Labute approximate surface area is 131 Å². The minimum absolute atomic E-state index is 0.00731. The third-order valence-electron chi connectivity index (χ3n) is 2.46. The fourth-order valence-electron chi connectivity index (χ4n) is 1.20. The first-order valence-electron chi connectivity index (χ1n) is 5.82. The van der Waals surface area contributed by atoms with Gasteiger partial charge in [-0.15, -0.1) is 0 Å². The summed E-state index contributed by atoms with van der Waals surface area (Å²) in [4.78, 5) is 26.9. The van der Waals surface area contributed by atoms with Crippen molar-refractivity contribution in [2.45, 2.75) is 26.3 Å². The quantitative estimate of drug-likeness (QED) is 0.837. The molecule has 1 atom stereocenters. The molecule has 8 heteroatoms. The first-order valence-corrected chi connectivity index (χ1v) is 6.96. The van der Waals surface area contributed by atoms with E-state index in [4.69, 9.17) is 39.5 Å².